The minimum Gasteiger partial charge on any atom is -0.287 e. The van der Waals surface area contributed by atoms with Crippen LogP contribution in [0.2, 0.25) is 0 Å². The molecule has 0 aliphatic carbocycles. The Kier molecular flexibility index (Phi) is 3.65. The third-order valence-electron chi connectivity index (χ3n) is 3.28. The first kappa shape index (κ1) is 14.3. The quantitative estimate of drug-likeness (QED) is 0.696. The van der Waals surface area contributed by atoms with E-state index in [0.29, 0.717) is 5.56 Å². The maximum atomic E-state index is 12.7. The van der Waals surface area contributed by atoms with Crippen LogP contribution in [0.3, 0.4) is 0 Å². The molecule has 1 heterocycles. The molecular formula is C17H13NO3S. The van der Waals surface area contributed by atoms with Crippen LogP contribution in [0.5, 0.6) is 0 Å². The van der Waals surface area contributed by atoms with Crippen LogP contribution in [-0.4, -0.2) is 18.2 Å². The van der Waals surface area contributed by atoms with Crippen molar-refractivity contribution in [3.8, 4) is 0 Å². The van der Waals surface area contributed by atoms with Crippen LogP contribution in [-0.2, 0) is 10.0 Å². The number of hydrogen-bond acceptors (Lipinski definition) is 3. The molecule has 1 aromatic heterocycles. The molecule has 110 valence electrons. The molecule has 3 rings (SSSR count). The van der Waals surface area contributed by atoms with Gasteiger partial charge in [0, 0.05) is 11.8 Å². The summed E-state index contributed by atoms with van der Waals surface area (Å²) in [5.74, 6) is -0.329. The summed E-state index contributed by atoms with van der Waals surface area (Å²) >= 11 is 0. The highest BCUT2D eigenvalue weighted by atomic mass is 32.2. The van der Waals surface area contributed by atoms with Gasteiger partial charge in [-0.15, -0.1) is 0 Å². The first-order chi connectivity index (χ1) is 10.6. The fraction of sp³-hybridized carbons (Fsp3) is 0. The number of carbonyl (C=O) groups excluding carboxylic acids is 1. The molecule has 0 bridgehead atoms. The predicted octanol–water partition coefficient (Wildman–Crippen LogP) is 2.96. The lowest BCUT2D eigenvalue weighted by Crippen LogP contribution is -2.18. The van der Waals surface area contributed by atoms with Gasteiger partial charge in [0.2, 0.25) is 5.78 Å². The molecule has 0 amide bonds. The summed E-state index contributed by atoms with van der Waals surface area (Å²) in [5, 5.41) is 0. The molecule has 0 saturated heterocycles. The van der Waals surface area contributed by atoms with Gasteiger partial charge >= 0.3 is 0 Å². The van der Waals surface area contributed by atoms with E-state index in [1.54, 1.807) is 54.6 Å². The summed E-state index contributed by atoms with van der Waals surface area (Å²) < 4.78 is 26.3. The zero-order chi connectivity index (χ0) is 15.6. The monoisotopic (exact) mass is 311 g/mol. The summed E-state index contributed by atoms with van der Waals surface area (Å²) in [6.45, 7) is 0. The minimum absolute atomic E-state index is 0.120. The SMILES string of the molecule is O=C(c1ccccc1)c1cccn1S(=O)(=O)c1ccccc1. The average molecular weight is 311 g/mol. The Balaban J connectivity index is 2.09. The second kappa shape index (κ2) is 5.61. The van der Waals surface area contributed by atoms with Gasteiger partial charge in [-0.1, -0.05) is 48.5 Å². The fourth-order valence-electron chi connectivity index (χ4n) is 2.19. The number of nitrogens with zero attached hydrogens (tertiary/aromatic N) is 1. The van der Waals surface area contributed by atoms with Gasteiger partial charge in [0.15, 0.2) is 0 Å². The first-order valence-electron chi connectivity index (χ1n) is 6.68. The van der Waals surface area contributed by atoms with E-state index in [0.717, 1.165) is 3.97 Å². The van der Waals surface area contributed by atoms with E-state index >= 15 is 0 Å². The molecule has 0 N–H and O–H groups in total. The van der Waals surface area contributed by atoms with Crippen LogP contribution in [0.1, 0.15) is 16.1 Å². The van der Waals surface area contributed by atoms with Crippen LogP contribution >= 0.6 is 0 Å². The van der Waals surface area contributed by atoms with Crippen LogP contribution in [0, 0.1) is 0 Å². The van der Waals surface area contributed by atoms with Crippen molar-refractivity contribution >= 4 is 15.8 Å². The van der Waals surface area contributed by atoms with E-state index in [9.17, 15) is 13.2 Å². The van der Waals surface area contributed by atoms with Gasteiger partial charge < -0.3 is 0 Å². The third kappa shape index (κ3) is 2.46. The maximum absolute atomic E-state index is 12.7. The molecule has 4 nitrogen and oxygen atoms in total. The fourth-order valence-corrected chi connectivity index (χ4v) is 3.56. The zero-order valence-electron chi connectivity index (χ0n) is 11.6. The Morgan fingerprint density at radius 2 is 1.36 bits per heavy atom. The van der Waals surface area contributed by atoms with Crippen LogP contribution in [0.15, 0.2) is 83.9 Å². The molecule has 0 radical (unpaired) electrons. The van der Waals surface area contributed by atoms with Gasteiger partial charge in [0.05, 0.1) is 4.90 Å². The van der Waals surface area contributed by atoms with Crippen LogP contribution in [0.25, 0.3) is 0 Å². The molecule has 22 heavy (non-hydrogen) atoms. The Morgan fingerprint density at radius 3 is 2.00 bits per heavy atom. The van der Waals surface area contributed by atoms with Crippen molar-refractivity contribution in [3.05, 3.63) is 90.3 Å². The van der Waals surface area contributed by atoms with Crippen LogP contribution < -0.4 is 0 Å². The summed E-state index contributed by atoms with van der Waals surface area (Å²) in [6, 6.07) is 19.7. The molecule has 0 aliphatic heterocycles. The summed E-state index contributed by atoms with van der Waals surface area (Å²) in [7, 11) is -3.78. The van der Waals surface area contributed by atoms with Crippen molar-refractivity contribution in [2.45, 2.75) is 4.90 Å². The Bertz CT molecular complexity index is 897. The number of carbonyl (C=O) groups is 1. The van der Waals surface area contributed by atoms with E-state index in [-0.39, 0.29) is 16.4 Å². The van der Waals surface area contributed by atoms with E-state index in [1.165, 1.54) is 24.4 Å². The summed E-state index contributed by atoms with van der Waals surface area (Å²) in [4.78, 5) is 12.7. The van der Waals surface area contributed by atoms with Gasteiger partial charge in [-0.25, -0.2) is 12.4 Å². The topological polar surface area (TPSA) is 56.1 Å². The van der Waals surface area contributed by atoms with Crippen molar-refractivity contribution < 1.29 is 13.2 Å². The zero-order valence-corrected chi connectivity index (χ0v) is 12.4. The molecular weight excluding hydrogens is 298 g/mol. The van der Waals surface area contributed by atoms with E-state index in [1.807, 2.05) is 0 Å². The Morgan fingerprint density at radius 1 is 0.773 bits per heavy atom. The second-order valence-electron chi connectivity index (χ2n) is 4.70. The molecule has 0 saturated carbocycles. The molecule has 0 atom stereocenters. The van der Waals surface area contributed by atoms with Crippen molar-refractivity contribution in [1.29, 1.82) is 0 Å². The van der Waals surface area contributed by atoms with Crippen molar-refractivity contribution in [2.24, 2.45) is 0 Å². The number of hydrogen-bond donors (Lipinski definition) is 0. The average Bonchev–Trinajstić information content (AvgIpc) is 3.06. The molecule has 2 aromatic carbocycles. The smallest absolute Gasteiger partial charge is 0.268 e. The molecule has 0 spiro atoms. The minimum atomic E-state index is -3.78. The highest BCUT2D eigenvalue weighted by Crippen LogP contribution is 2.18. The molecule has 0 aliphatic rings. The number of ketones is 1. The van der Waals surface area contributed by atoms with Crippen molar-refractivity contribution in [1.82, 2.24) is 3.97 Å². The predicted molar refractivity (Wildman–Crippen MR) is 83.3 cm³/mol. The molecule has 0 fully saturated rings. The molecule has 5 heteroatoms. The highest BCUT2D eigenvalue weighted by Gasteiger charge is 2.22. The maximum Gasteiger partial charge on any atom is 0.268 e. The lowest BCUT2D eigenvalue weighted by atomic mass is 10.1. The summed E-state index contributed by atoms with van der Waals surface area (Å²) in [6.07, 6.45) is 1.39. The van der Waals surface area contributed by atoms with Gasteiger partial charge in [-0.2, -0.15) is 0 Å². The lowest BCUT2D eigenvalue weighted by Gasteiger charge is -2.10. The lowest BCUT2D eigenvalue weighted by molar-refractivity contribution is 0.103. The highest BCUT2D eigenvalue weighted by molar-refractivity contribution is 7.90. The van der Waals surface area contributed by atoms with Gasteiger partial charge in [-0.3, -0.25) is 4.79 Å². The van der Waals surface area contributed by atoms with Gasteiger partial charge in [-0.05, 0) is 24.3 Å². The number of benzene rings is 2. The second-order valence-corrected chi connectivity index (χ2v) is 6.52. The standard InChI is InChI=1S/C17H13NO3S/c19-17(14-8-3-1-4-9-14)16-12-7-13-18(16)22(20,21)15-10-5-2-6-11-15/h1-13H. The Labute approximate surface area is 128 Å². The largest absolute Gasteiger partial charge is 0.287 e. The Hall–Kier alpha value is -2.66. The van der Waals surface area contributed by atoms with Gasteiger partial charge in [0.25, 0.3) is 10.0 Å². The van der Waals surface area contributed by atoms with Crippen molar-refractivity contribution in [3.63, 3.8) is 0 Å². The van der Waals surface area contributed by atoms with E-state index in [4.69, 9.17) is 0 Å². The molecule has 0 unspecified atom stereocenters. The van der Waals surface area contributed by atoms with Crippen LogP contribution in [0.4, 0.5) is 0 Å². The van der Waals surface area contributed by atoms with Crippen molar-refractivity contribution in [2.75, 3.05) is 0 Å². The normalized spacial score (nSPS) is 11.3. The molecule has 3 aromatic rings. The van der Waals surface area contributed by atoms with E-state index in [2.05, 4.69) is 0 Å². The number of rotatable bonds is 4. The van der Waals surface area contributed by atoms with E-state index < -0.39 is 10.0 Å². The number of aromatic nitrogens is 1. The third-order valence-corrected chi connectivity index (χ3v) is 4.99. The first-order valence-corrected chi connectivity index (χ1v) is 8.12. The summed E-state index contributed by atoms with van der Waals surface area (Å²) in [5.41, 5.74) is 0.570. The van der Waals surface area contributed by atoms with Gasteiger partial charge in [0.1, 0.15) is 5.69 Å².